The third kappa shape index (κ3) is 3.64. The minimum atomic E-state index is -0.733. The highest BCUT2D eigenvalue weighted by molar-refractivity contribution is 7.99. The van der Waals surface area contributed by atoms with Gasteiger partial charge in [-0.25, -0.2) is 4.90 Å². The molecule has 1 amide bonds. The number of nitrogens with zero attached hydrogens (tertiary/aromatic N) is 3. The van der Waals surface area contributed by atoms with E-state index < -0.39 is 6.17 Å². The van der Waals surface area contributed by atoms with Gasteiger partial charge >= 0.3 is 11.3 Å². The van der Waals surface area contributed by atoms with E-state index in [1.165, 1.54) is 18.7 Å². The molecule has 1 atom stereocenters. The van der Waals surface area contributed by atoms with Crippen molar-refractivity contribution >= 4 is 23.4 Å². The Morgan fingerprint density at radius 1 is 1.28 bits per heavy atom. The van der Waals surface area contributed by atoms with Crippen molar-refractivity contribution in [2.45, 2.75) is 18.2 Å². The summed E-state index contributed by atoms with van der Waals surface area (Å²) in [6, 6.07) is 12.7. The molecule has 0 fully saturated rings. The Balaban J connectivity index is 2.05. The maximum atomic E-state index is 13.2. The van der Waals surface area contributed by atoms with Crippen LogP contribution in [0.25, 0.3) is 11.3 Å². The fourth-order valence-electron chi connectivity index (χ4n) is 3.83. The summed E-state index contributed by atoms with van der Waals surface area (Å²) < 4.78 is 12.6. The van der Waals surface area contributed by atoms with Crippen LogP contribution in [0.5, 0.6) is 11.5 Å². The number of nitrogens with one attached hydrogen (secondary N) is 1. The number of hydrogen-bond acceptors (Lipinski definition) is 6. The van der Waals surface area contributed by atoms with Gasteiger partial charge in [-0.15, -0.1) is 6.58 Å². The Labute approximate surface area is 189 Å². The first kappa shape index (κ1) is 21.6. The zero-order valence-electron chi connectivity index (χ0n) is 18.0. The molecule has 32 heavy (non-hydrogen) atoms. The van der Waals surface area contributed by atoms with Crippen LogP contribution in [0.15, 0.2) is 65.1 Å². The second kappa shape index (κ2) is 8.88. The van der Waals surface area contributed by atoms with Crippen molar-refractivity contribution in [2.75, 3.05) is 24.9 Å². The molecule has 0 saturated heterocycles. The molecule has 9 heteroatoms. The molecule has 0 radical (unpaired) electrons. The monoisotopic (exact) mass is 451 g/mol. The first-order chi connectivity index (χ1) is 15.5. The molecule has 8 nitrogen and oxygen atoms in total. The van der Waals surface area contributed by atoms with Crippen LogP contribution >= 0.6 is 11.8 Å². The molecule has 1 aliphatic rings. The lowest BCUT2D eigenvalue weighted by Gasteiger charge is -2.31. The number of aromatic amines is 1. The Morgan fingerprint density at radius 3 is 2.75 bits per heavy atom. The number of fused-ring (bicyclic) bond motifs is 3. The van der Waals surface area contributed by atoms with E-state index in [1.54, 1.807) is 42.0 Å². The SMILES string of the molecule is C=CCSc1n[n+]2c(c(=O)[nH]1)-c1ccccc1N(C(C)=O)[C@H]2c1ccc(OC)cc1OC. The van der Waals surface area contributed by atoms with E-state index in [0.29, 0.717) is 44.9 Å². The van der Waals surface area contributed by atoms with Gasteiger partial charge in [0.1, 0.15) is 11.5 Å². The fourth-order valence-corrected chi connectivity index (χ4v) is 4.41. The third-order valence-corrected chi connectivity index (χ3v) is 6.01. The number of benzene rings is 2. The van der Waals surface area contributed by atoms with Crippen LogP contribution in [-0.2, 0) is 4.79 Å². The lowest BCUT2D eigenvalue weighted by molar-refractivity contribution is -0.763. The fraction of sp³-hybridized carbons (Fsp3) is 0.217. The van der Waals surface area contributed by atoms with Crippen LogP contribution in [0.3, 0.4) is 0 Å². The Morgan fingerprint density at radius 2 is 2.06 bits per heavy atom. The second-order valence-electron chi connectivity index (χ2n) is 7.04. The molecule has 164 valence electrons. The van der Waals surface area contributed by atoms with Gasteiger partial charge in [0, 0.05) is 23.8 Å². The molecule has 0 spiro atoms. The van der Waals surface area contributed by atoms with E-state index in [-0.39, 0.29) is 11.5 Å². The summed E-state index contributed by atoms with van der Waals surface area (Å²) in [6.07, 6.45) is 0.999. The number of thioether (sulfide) groups is 1. The number of rotatable bonds is 6. The van der Waals surface area contributed by atoms with E-state index in [9.17, 15) is 9.59 Å². The molecule has 0 aliphatic carbocycles. The van der Waals surface area contributed by atoms with Crippen molar-refractivity contribution < 1.29 is 19.0 Å². The molecular formula is C23H23N4O4S+. The highest BCUT2D eigenvalue weighted by Gasteiger charge is 2.46. The number of ether oxygens (including phenoxy) is 2. The van der Waals surface area contributed by atoms with Gasteiger partial charge in [-0.1, -0.05) is 30.0 Å². The minimum Gasteiger partial charge on any atom is -0.497 e. The standard InChI is InChI=1S/C23H22N4O4S/c1-5-12-32-23-24-21(29)20-16-8-6-7-9-18(16)26(14(2)28)22(27(20)25-23)17-11-10-15(30-3)13-19(17)31-4/h5-11,13,22H,1,12H2,2-4H3/p+1/t22-/m1/s1. The summed E-state index contributed by atoms with van der Waals surface area (Å²) in [6.45, 7) is 5.22. The smallest absolute Gasteiger partial charge is 0.325 e. The van der Waals surface area contributed by atoms with E-state index in [0.717, 1.165) is 0 Å². The molecule has 2 aromatic carbocycles. The number of carbonyl (C=O) groups excluding carboxylic acids is 1. The average Bonchev–Trinajstić information content (AvgIpc) is 2.81. The van der Waals surface area contributed by atoms with E-state index in [4.69, 9.17) is 14.6 Å². The Kier molecular flexibility index (Phi) is 6.00. The maximum Gasteiger partial charge on any atom is 0.325 e. The Bertz CT molecular complexity index is 1260. The highest BCUT2D eigenvalue weighted by atomic mass is 32.2. The molecule has 4 rings (SSSR count). The van der Waals surface area contributed by atoms with Gasteiger partial charge in [0.15, 0.2) is 0 Å². The van der Waals surface area contributed by atoms with Gasteiger partial charge in [-0.3, -0.25) is 14.6 Å². The van der Waals surface area contributed by atoms with Crippen LogP contribution in [0.4, 0.5) is 5.69 Å². The van der Waals surface area contributed by atoms with Crippen molar-refractivity contribution in [3.8, 4) is 22.8 Å². The third-order valence-electron chi connectivity index (χ3n) is 5.15. The average molecular weight is 452 g/mol. The predicted octanol–water partition coefficient (Wildman–Crippen LogP) is 2.93. The van der Waals surface area contributed by atoms with Crippen molar-refractivity contribution in [3.05, 3.63) is 71.0 Å². The summed E-state index contributed by atoms with van der Waals surface area (Å²) in [4.78, 5) is 30.6. The van der Waals surface area contributed by atoms with E-state index >= 15 is 0 Å². The van der Waals surface area contributed by atoms with Crippen LogP contribution in [-0.4, -0.2) is 36.0 Å². The molecule has 3 aromatic rings. The lowest BCUT2D eigenvalue weighted by Crippen LogP contribution is -2.60. The molecule has 0 unspecified atom stereocenters. The zero-order valence-corrected chi connectivity index (χ0v) is 18.8. The summed E-state index contributed by atoms with van der Waals surface area (Å²) in [5.74, 6) is 1.51. The van der Waals surface area contributed by atoms with Gasteiger partial charge in [-0.2, -0.15) is 0 Å². The molecule has 0 saturated carbocycles. The maximum absolute atomic E-state index is 13.2. The van der Waals surface area contributed by atoms with E-state index in [1.807, 2.05) is 30.3 Å². The highest BCUT2D eigenvalue weighted by Crippen LogP contribution is 2.40. The van der Waals surface area contributed by atoms with Gasteiger partial charge in [0.2, 0.25) is 11.1 Å². The number of aromatic nitrogens is 3. The van der Waals surface area contributed by atoms with Crippen molar-refractivity contribution in [3.63, 3.8) is 0 Å². The van der Waals surface area contributed by atoms with Gasteiger partial charge in [-0.05, 0) is 28.9 Å². The topological polar surface area (TPSA) is 88.4 Å². The number of anilines is 1. The summed E-state index contributed by atoms with van der Waals surface area (Å²) in [5, 5.41) is 5.14. The summed E-state index contributed by atoms with van der Waals surface area (Å²) >= 11 is 1.35. The molecular weight excluding hydrogens is 428 g/mol. The quantitative estimate of drug-likeness (QED) is 0.352. The van der Waals surface area contributed by atoms with Gasteiger partial charge < -0.3 is 9.47 Å². The van der Waals surface area contributed by atoms with Crippen LogP contribution in [0.1, 0.15) is 18.7 Å². The largest absolute Gasteiger partial charge is 0.497 e. The second-order valence-corrected chi connectivity index (χ2v) is 8.05. The number of H-pyrrole nitrogens is 1. The first-order valence-electron chi connectivity index (χ1n) is 9.91. The normalized spacial score (nSPS) is 14.3. The number of amides is 1. The Hall–Kier alpha value is -3.59. The van der Waals surface area contributed by atoms with Gasteiger partial charge in [0.05, 0.1) is 31.0 Å². The van der Waals surface area contributed by atoms with Crippen LogP contribution in [0.2, 0.25) is 0 Å². The van der Waals surface area contributed by atoms with E-state index in [2.05, 4.69) is 11.6 Å². The van der Waals surface area contributed by atoms with Gasteiger partial charge in [0.25, 0.3) is 6.17 Å². The van der Waals surface area contributed by atoms with Crippen molar-refractivity contribution in [1.29, 1.82) is 0 Å². The molecule has 2 heterocycles. The van der Waals surface area contributed by atoms with Crippen LogP contribution < -0.4 is 24.6 Å². The number of hydrogen-bond donors (Lipinski definition) is 1. The molecule has 0 bridgehead atoms. The number of carbonyl (C=O) groups is 1. The summed E-state index contributed by atoms with van der Waals surface area (Å²) in [7, 11) is 3.12. The number of methoxy groups -OCH3 is 2. The molecule has 1 N–H and O–H groups in total. The minimum absolute atomic E-state index is 0.194. The first-order valence-corrected chi connectivity index (χ1v) is 10.9. The van der Waals surface area contributed by atoms with Crippen molar-refractivity contribution in [2.24, 2.45) is 0 Å². The summed E-state index contributed by atoms with van der Waals surface area (Å²) in [5.41, 5.74) is 1.99. The predicted molar refractivity (Wildman–Crippen MR) is 122 cm³/mol. The molecule has 1 aliphatic heterocycles. The molecule has 1 aromatic heterocycles. The zero-order chi connectivity index (χ0) is 22.8. The lowest BCUT2D eigenvalue weighted by atomic mass is 10.0. The number of para-hydroxylation sites is 1. The van der Waals surface area contributed by atoms with Crippen LogP contribution in [0, 0.1) is 0 Å². The van der Waals surface area contributed by atoms with Crippen molar-refractivity contribution in [1.82, 2.24) is 10.1 Å².